The molecule has 0 aliphatic carbocycles. The van der Waals surface area contributed by atoms with Gasteiger partial charge in [0.25, 0.3) is 11.5 Å². The van der Waals surface area contributed by atoms with Crippen molar-refractivity contribution in [2.45, 2.75) is 32.7 Å². The summed E-state index contributed by atoms with van der Waals surface area (Å²) in [5.41, 5.74) is 1.19. The molecule has 7 heteroatoms. The predicted molar refractivity (Wildman–Crippen MR) is 95.9 cm³/mol. The number of carbonyl (C=O) groups is 1. The van der Waals surface area contributed by atoms with Crippen molar-refractivity contribution < 1.29 is 4.79 Å². The molecule has 0 unspecified atom stereocenters. The van der Waals surface area contributed by atoms with Crippen LogP contribution in [0.4, 0.5) is 5.82 Å². The molecule has 0 atom stereocenters. The van der Waals surface area contributed by atoms with Gasteiger partial charge in [-0.2, -0.15) is 0 Å². The lowest BCUT2D eigenvalue weighted by Crippen LogP contribution is -2.45. The summed E-state index contributed by atoms with van der Waals surface area (Å²) in [7, 11) is 1.66. The highest BCUT2D eigenvalue weighted by Crippen LogP contribution is 2.19. The zero-order valence-electron chi connectivity index (χ0n) is 14.8. The van der Waals surface area contributed by atoms with E-state index in [0.29, 0.717) is 5.56 Å². The standard InChI is InChI=1S/C18H23N5O2/c1-12-10-16(20-13(2)19-12)23-8-5-15(6-9-23)21-18(25)14-4-7-22(3)17(24)11-14/h4,7,10-11,15H,5-6,8-9H2,1-3H3,(H,21,25). The molecule has 7 nitrogen and oxygen atoms in total. The number of amides is 1. The van der Waals surface area contributed by atoms with Gasteiger partial charge in [0.15, 0.2) is 0 Å². The van der Waals surface area contributed by atoms with Gasteiger partial charge in [0.1, 0.15) is 11.6 Å². The number of carbonyl (C=O) groups excluding carboxylic acids is 1. The molecule has 1 aliphatic heterocycles. The van der Waals surface area contributed by atoms with Crippen molar-refractivity contribution in [3.05, 3.63) is 51.8 Å². The zero-order valence-corrected chi connectivity index (χ0v) is 14.8. The van der Waals surface area contributed by atoms with Gasteiger partial charge in [-0.3, -0.25) is 9.59 Å². The van der Waals surface area contributed by atoms with Gasteiger partial charge in [0.2, 0.25) is 0 Å². The molecule has 1 aliphatic rings. The van der Waals surface area contributed by atoms with Crippen LogP contribution in [0.2, 0.25) is 0 Å². The van der Waals surface area contributed by atoms with E-state index >= 15 is 0 Å². The SMILES string of the molecule is Cc1cc(N2CCC(NC(=O)c3ccn(C)c(=O)c3)CC2)nc(C)n1. The first kappa shape index (κ1) is 17.1. The summed E-state index contributed by atoms with van der Waals surface area (Å²) in [5.74, 6) is 1.53. The molecule has 1 saturated heterocycles. The monoisotopic (exact) mass is 341 g/mol. The van der Waals surface area contributed by atoms with E-state index in [9.17, 15) is 9.59 Å². The Morgan fingerprint density at radius 3 is 2.56 bits per heavy atom. The number of nitrogens with one attached hydrogen (secondary N) is 1. The van der Waals surface area contributed by atoms with Gasteiger partial charge in [-0.05, 0) is 32.8 Å². The third-order valence-corrected chi connectivity index (χ3v) is 4.47. The molecule has 2 aromatic heterocycles. The normalized spacial score (nSPS) is 15.2. The van der Waals surface area contributed by atoms with E-state index in [-0.39, 0.29) is 17.5 Å². The number of hydrogen-bond donors (Lipinski definition) is 1. The Labute approximate surface area is 146 Å². The van der Waals surface area contributed by atoms with Gasteiger partial charge in [-0.15, -0.1) is 0 Å². The Morgan fingerprint density at radius 2 is 1.92 bits per heavy atom. The van der Waals surface area contributed by atoms with E-state index in [1.54, 1.807) is 19.3 Å². The number of anilines is 1. The van der Waals surface area contributed by atoms with Crippen LogP contribution in [-0.2, 0) is 7.05 Å². The van der Waals surface area contributed by atoms with Crippen molar-refractivity contribution in [1.29, 1.82) is 0 Å². The van der Waals surface area contributed by atoms with Gasteiger partial charge < -0.3 is 14.8 Å². The molecule has 25 heavy (non-hydrogen) atoms. The summed E-state index contributed by atoms with van der Waals surface area (Å²) >= 11 is 0. The summed E-state index contributed by atoms with van der Waals surface area (Å²) in [4.78, 5) is 35.0. The van der Waals surface area contributed by atoms with Crippen LogP contribution in [-0.4, -0.2) is 39.6 Å². The fourth-order valence-corrected chi connectivity index (χ4v) is 3.07. The van der Waals surface area contributed by atoms with Crippen molar-refractivity contribution in [1.82, 2.24) is 19.9 Å². The first-order chi connectivity index (χ1) is 11.9. The molecular formula is C18H23N5O2. The molecule has 0 radical (unpaired) electrons. The summed E-state index contributed by atoms with van der Waals surface area (Å²) < 4.78 is 1.45. The summed E-state index contributed by atoms with van der Waals surface area (Å²) in [6.45, 7) is 5.53. The van der Waals surface area contributed by atoms with E-state index in [4.69, 9.17) is 0 Å². The van der Waals surface area contributed by atoms with E-state index in [2.05, 4.69) is 20.2 Å². The minimum Gasteiger partial charge on any atom is -0.356 e. The number of aryl methyl sites for hydroxylation is 3. The first-order valence-electron chi connectivity index (χ1n) is 8.47. The molecule has 132 valence electrons. The third kappa shape index (κ3) is 4.04. The second kappa shape index (κ2) is 7.04. The molecule has 2 aromatic rings. The molecule has 0 bridgehead atoms. The second-order valence-electron chi connectivity index (χ2n) is 6.51. The number of rotatable bonds is 3. The van der Waals surface area contributed by atoms with Crippen molar-refractivity contribution in [3.63, 3.8) is 0 Å². The average Bonchev–Trinajstić information content (AvgIpc) is 2.57. The van der Waals surface area contributed by atoms with Crippen molar-refractivity contribution in [2.75, 3.05) is 18.0 Å². The highest BCUT2D eigenvalue weighted by molar-refractivity contribution is 5.94. The zero-order chi connectivity index (χ0) is 18.0. The summed E-state index contributed by atoms with van der Waals surface area (Å²) in [6, 6.07) is 5.14. The number of nitrogens with zero attached hydrogens (tertiary/aromatic N) is 4. The van der Waals surface area contributed by atoms with Gasteiger partial charge >= 0.3 is 0 Å². The highest BCUT2D eigenvalue weighted by atomic mass is 16.2. The average molecular weight is 341 g/mol. The molecule has 1 fully saturated rings. The smallest absolute Gasteiger partial charge is 0.251 e. The second-order valence-corrected chi connectivity index (χ2v) is 6.51. The molecule has 1 amide bonds. The lowest BCUT2D eigenvalue weighted by molar-refractivity contribution is 0.0931. The van der Waals surface area contributed by atoms with Gasteiger partial charge in [0.05, 0.1) is 0 Å². The van der Waals surface area contributed by atoms with Crippen LogP contribution in [0, 0.1) is 13.8 Å². The Bertz CT molecular complexity index is 817. The summed E-state index contributed by atoms with van der Waals surface area (Å²) in [6.07, 6.45) is 3.30. The molecule has 0 saturated carbocycles. The Balaban J connectivity index is 1.59. The van der Waals surface area contributed by atoms with E-state index in [1.807, 2.05) is 19.9 Å². The van der Waals surface area contributed by atoms with Gasteiger partial charge in [-0.25, -0.2) is 9.97 Å². The van der Waals surface area contributed by atoms with Gasteiger partial charge in [-0.1, -0.05) is 0 Å². The van der Waals surface area contributed by atoms with Crippen LogP contribution in [0.15, 0.2) is 29.2 Å². The van der Waals surface area contributed by atoms with Crippen LogP contribution >= 0.6 is 0 Å². The molecular weight excluding hydrogens is 318 g/mol. The third-order valence-electron chi connectivity index (χ3n) is 4.47. The molecule has 0 spiro atoms. The van der Waals surface area contributed by atoms with E-state index in [1.165, 1.54) is 10.6 Å². The lowest BCUT2D eigenvalue weighted by Gasteiger charge is -2.33. The van der Waals surface area contributed by atoms with Crippen LogP contribution in [0.5, 0.6) is 0 Å². The van der Waals surface area contributed by atoms with Crippen LogP contribution in [0.1, 0.15) is 34.7 Å². The van der Waals surface area contributed by atoms with Crippen molar-refractivity contribution in [2.24, 2.45) is 7.05 Å². The fraction of sp³-hybridized carbons (Fsp3) is 0.444. The molecule has 0 aromatic carbocycles. The minimum atomic E-state index is -0.190. The maximum atomic E-state index is 12.3. The quantitative estimate of drug-likeness (QED) is 0.907. The molecule has 1 N–H and O–H groups in total. The first-order valence-corrected chi connectivity index (χ1v) is 8.47. The fourth-order valence-electron chi connectivity index (χ4n) is 3.07. The topological polar surface area (TPSA) is 80.1 Å². The van der Waals surface area contributed by atoms with Crippen molar-refractivity contribution in [3.8, 4) is 0 Å². The summed E-state index contributed by atoms with van der Waals surface area (Å²) in [5, 5.41) is 3.03. The van der Waals surface area contributed by atoms with Crippen molar-refractivity contribution >= 4 is 11.7 Å². The Morgan fingerprint density at radius 1 is 1.20 bits per heavy atom. The number of aromatic nitrogens is 3. The highest BCUT2D eigenvalue weighted by Gasteiger charge is 2.22. The molecule has 3 heterocycles. The van der Waals surface area contributed by atoms with Crippen LogP contribution in [0.25, 0.3) is 0 Å². The van der Waals surface area contributed by atoms with E-state index < -0.39 is 0 Å². The maximum Gasteiger partial charge on any atom is 0.251 e. The Hall–Kier alpha value is -2.70. The molecule has 3 rings (SSSR count). The minimum absolute atomic E-state index is 0.108. The van der Waals surface area contributed by atoms with Gasteiger partial charge in [0, 0.05) is 55.8 Å². The van der Waals surface area contributed by atoms with E-state index in [0.717, 1.165) is 43.3 Å². The lowest BCUT2D eigenvalue weighted by atomic mass is 10.0. The number of pyridine rings is 1. The number of hydrogen-bond acceptors (Lipinski definition) is 5. The number of piperidine rings is 1. The Kier molecular flexibility index (Phi) is 4.83. The van der Waals surface area contributed by atoms with Crippen LogP contribution < -0.4 is 15.8 Å². The predicted octanol–water partition coefficient (Wildman–Crippen LogP) is 1.19. The largest absolute Gasteiger partial charge is 0.356 e. The maximum absolute atomic E-state index is 12.3. The van der Waals surface area contributed by atoms with Crippen LogP contribution in [0.3, 0.4) is 0 Å².